The highest BCUT2D eigenvalue weighted by atomic mass is 79.9. The Kier molecular flexibility index (Phi) is 3.72. The van der Waals surface area contributed by atoms with Crippen LogP contribution >= 0.6 is 27.3 Å². The fourth-order valence-corrected chi connectivity index (χ4v) is 4.95. The molecule has 0 N–H and O–H groups in total. The van der Waals surface area contributed by atoms with Gasteiger partial charge in [0.2, 0.25) is 0 Å². The van der Waals surface area contributed by atoms with Crippen LogP contribution in [0.15, 0.2) is 34.9 Å². The minimum atomic E-state index is 0.864. The van der Waals surface area contributed by atoms with Gasteiger partial charge in [-0.1, -0.05) is 18.2 Å². The smallest absolute Gasteiger partial charge is 0.125 e. The molecule has 112 valence electrons. The van der Waals surface area contributed by atoms with Crippen molar-refractivity contribution >= 4 is 37.4 Å². The summed E-state index contributed by atoms with van der Waals surface area (Å²) in [5, 5.41) is 1.32. The maximum atomic E-state index is 4.61. The molecule has 3 nitrogen and oxygen atoms in total. The van der Waals surface area contributed by atoms with Crippen molar-refractivity contribution in [3.05, 3.63) is 56.9 Å². The summed E-state index contributed by atoms with van der Waals surface area (Å²) >= 11 is 5.66. The third kappa shape index (κ3) is 2.57. The Morgan fingerprint density at radius 2 is 2.18 bits per heavy atom. The van der Waals surface area contributed by atoms with Crippen molar-refractivity contribution in [3.8, 4) is 0 Å². The van der Waals surface area contributed by atoms with E-state index in [0.717, 1.165) is 31.9 Å². The molecule has 0 bridgehead atoms. The fourth-order valence-electron chi connectivity index (χ4n) is 2.96. The van der Waals surface area contributed by atoms with E-state index in [4.69, 9.17) is 0 Å². The van der Waals surface area contributed by atoms with E-state index in [0.29, 0.717) is 0 Å². The first-order valence-electron chi connectivity index (χ1n) is 7.40. The van der Waals surface area contributed by atoms with Crippen molar-refractivity contribution in [1.82, 2.24) is 14.9 Å². The van der Waals surface area contributed by atoms with Gasteiger partial charge in [-0.25, -0.2) is 9.97 Å². The van der Waals surface area contributed by atoms with E-state index in [9.17, 15) is 0 Å². The fraction of sp³-hybridized carbons (Fsp3) is 0.294. The summed E-state index contributed by atoms with van der Waals surface area (Å²) in [7, 11) is 0. The first kappa shape index (κ1) is 14.3. The van der Waals surface area contributed by atoms with Crippen molar-refractivity contribution in [1.29, 1.82) is 0 Å². The summed E-state index contributed by atoms with van der Waals surface area (Å²) in [6.07, 6.45) is 3.03. The Labute approximate surface area is 142 Å². The minimum absolute atomic E-state index is 0.864. The third-order valence-corrected chi connectivity index (χ3v) is 6.44. The molecule has 22 heavy (non-hydrogen) atoms. The second kappa shape index (κ2) is 5.72. The molecule has 0 unspecified atom stereocenters. The Balaban J connectivity index is 1.60. The van der Waals surface area contributed by atoms with Crippen LogP contribution in [0.1, 0.15) is 22.0 Å². The highest BCUT2D eigenvalue weighted by Gasteiger charge is 2.20. The van der Waals surface area contributed by atoms with Crippen LogP contribution in [0.5, 0.6) is 0 Å². The highest BCUT2D eigenvalue weighted by molar-refractivity contribution is 9.10. The number of rotatable bonds is 2. The molecule has 0 saturated heterocycles. The lowest BCUT2D eigenvalue weighted by Crippen LogP contribution is -2.31. The topological polar surface area (TPSA) is 29.0 Å². The molecule has 4 rings (SSSR count). The van der Waals surface area contributed by atoms with Gasteiger partial charge in [-0.3, -0.25) is 4.90 Å². The number of hydrogen-bond acceptors (Lipinski definition) is 4. The van der Waals surface area contributed by atoms with E-state index >= 15 is 0 Å². The van der Waals surface area contributed by atoms with E-state index in [1.54, 1.807) is 0 Å². The molecule has 0 spiro atoms. The molecule has 2 aromatic heterocycles. The molecule has 0 aliphatic carbocycles. The van der Waals surface area contributed by atoms with Gasteiger partial charge in [0.15, 0.2) is 0 Å². The summed E-state index contributed by atoms with van der Waals surface area (Å²) < 4.78 is 2.60. The maximum absolute atomic E-state index is 4.61. The maximum Gasteiger partial charge on any atom is 0.125 e. The normalized spacial score (nSPS) is 15.2. The lowest BCUT2D eigenvalue weighted by Gasteiger charge is -2.27. The number of aromatic nitrogens is 2. The van der Waals surface area contributed by atoms with Crippen molar-refractivity contribution in [2.75, 3.05) is 6.54 Å². The molecule has 0 saturated carbocycles. The summed E-state index contributed by atoms with van der Waals surface area (Å²) in [4.78, 5) is 12.8. The van der Waals surface area contributed by atoms with Gasteiger partial charge in [0.25, 0.3) is 0 Å². The van der Waals surface area contributed by atoms with Gasteiger partial charge in [-0.05, 0) is 40.9 Å². The SMILES string of the molecule is Cc1ncc2c(n1)CN(Cc1sc3ccccc3c1Br)CC2. The van der Waals surface area contributed by atoms with Crippen LogP contribution in [-0.4, -0.2) is 21.4 Å². The van der Waals surface area contributed by atoms with E-state index in [1.807, 2.05) is 24.5 Å². The number of thiophene rings is 1. The first-order valence-corrected chi connectivity index (χ1v) is 9.01. The Morgan fingerprint density at radius 3 is 3.05 bits per heavy atom. The van der Waals surface area contributed by atoms with E-state index in [2.05, 4.69) is 55.1 Å². The molecule has 3 aromatic rings. The van der Waals surface area contributed by atoms with Crippen LogP contribution in [0.25, 0.3) is 10.1 Å². The quantitative estimate of drug-likeness (QED) is 0.669. The highest BCUT2D eigenvalue weighted by Crippen LogP contribution is 2.36. The van der Waals surface area contributed by atoms with Crippen LogP contribution in [0.3, 0.4) is 0 Å². The molecule has 1 aliphatic rings. The molecule has 3 heterocycles. The zero-order chi connectivity index (χ0) is 15.1. The lowest BCUT2D eigenvalue weighted by atomic mass is 10.1. The van der Waals surface area contributed by atoms with E-state index < -0.39 is 0 Å². The molecule has 1 aromatic carbocycles. The number of halogens is 1. The van der Waals surface area contributed by atoms with Crippen molar-refractivity contribution in [2.45, 2.75) is 26.4 Å². The van der Waals surface area contributed by atoms with Gasteiger partial charge in [0.1, 0.15) is 5.82 Å². The average molecular weight is 374 g/mol. The van der Waals surface area contributed by atoms with Gasteiger partial charge in [0.05, 0.1) is 5.69 Å². The van der Waals surface area contributed by atoms with Gasteiger partial charge in [-0.2, -0.15) is 0 Å². The summed E-state index contributed by atoms with van der Waals surface area (Å²) in [6, 6.07) is 8.57. The molecule has 1 aliphatic heterocycles. The average Bonchev–Trinajstić information content (AvgIpc) is 2.84. The standard InChI is InChI=1S/C17H16BrN3S/c1-11-19-8-12-6-7-21(9-14(12)20-11)10-16-17(18)13-4-2-3-5-15(13)22-16/h2-5,8H,6-7,9-10H2,1H3. The molecule has 0 fully saturated rings. The van der Waals surface area contributed by atoms with Crippen LogP contribution < -0.4 is 0 Å². The second-order valence-corrected chi connectivity index (χ2v) is 7.61. The van der Waals surface area contributed by atoms with E-state index in [-0.39, 0.29) is 0 Å². The third-order valence-electron chi connectivity index (χ3n) is 4.11. The first-order chi connectivity index (χ1) is 10.7. The van der Waals surface area contributed by atoms with Crippen LogP contribution in [0, 0.1) is 6.92 Å². The summed E-state index contributed by atoms with van der Waals surface area (Å²) in [5.74, 6) is 0.864. The number of benzene rings is 1. The lowest BCUT2D eigenvalue weighted by molar-refractivity contribution is 0.242. The number of nitrogens with zero attached hydrogens (tertiary/aromatic N) is 3. The molecule has 5 heteroatoms. The number of hydrogen-bond donors (Lipinski definition) is 0. The van der Waals surface area contributed by atoms with E-state index in [1.165, 1.54) is 30.7 Å². The Hall–Kier alpha value is -1.30. The minimum Gasteiger partial charge on any atom is -0.292 e. The monoisotopic (exact) mass is 373 g/mol. The Bertz CT molecular complexity index is 843. The van der Waals surface area contributed by atoms with Crippen LogP contribution in [0.2, 0.25) is 0 Å². The predicted molar refractivity (Wildman–Crippen MR) is 94.1 cm³/mol. The molecule has 0 atom stereocenters. The van der Waals surface area contributed by atoms with Crippen LogP contribution in [-0.2, 0) is 19.5 Å². The largest absolute Gasteiger partial charge is 0.292 e. The van der Waals surface area contributed by atoms with Gasteiger partial charge < -0.3 is 0 Å². The summed E-state index contributed by atoms with van der Waals surface area (Å²) in [6.45, 7) is 4.92. The molecular formula is C17H16BrN3S. The Morgan fingerprint density at radius 1 is 1.32 bits per heavy atom. The molecular weight excluding hydrogens is 358 g/mol. The number of aryl methyl sites for hydroxylation is 1. The predicted octanol–water partition coefficient (Wildman–Crippen LogP) is 4.32. The van der Waals surface area contributed by atoms with Crippen molar-refractivity contribution in [3.63, 3.8) is 0 Å². The summed E-state index contributed by atoms with van der Waals surface area (Å²) in [5.41, 5.74) is 2.49. The second-order valence-electron chi connectivity index (χ2n) is 5.69. The zero-order valence-corrected chi connectivity index (χ0v) is 14.7. The number of fused-ring (bicyclic) bond motifs is 2. The van der Waals surface area contributed by atoms with Gasteiger partial charge >= 0.3 is 0 Å². The van der Waals surface area contributed by atoms with Crippen LogP contribution in [0.4, 0.5) is 0 Å². The van der Waals surface area contributed by atoms with Gasteiger partial charge in [0, 0.05) is 45.3 Å². The van der Waals surface area contributed by atoms with Gasteiger partial charge in [-0.15, -0.1) is 11.3 Å². The van der Waals surface area contributed by atoms with Crippen molar-refractivity contribution < 1.29 is 0 Å². The zero-order valence-electron chi connectivity index (χ0n) is 12.3. The molecule has 0 radical (unpaired) electrons. The molecule has 0 amide bonds. The van der Waals surface area contributed by atoms with Crippen molar-refractivity contribution in [2.24, 2.45) is 0 Å².